The lowest BCUT2D eigenvalue weighted by Gasteiger charge is -2.50. The average molecular weight is 252 g/mol. The van der Waals surface area contributed by atoms with Gasteiger partial charge in [-0.05, 0) is 50.6 Å². The van der Waals surface area contributed by atoms with Gasteiger partial charge in [0.1, 0.15) is 0 Å². The highest BCUT2D eigenvalue weighted by atomic mass is 15.2. The van der Waals surface area contributed by atoms with Crippen LogP contribution in [0.15, 0.2) is 0 Å². The molecule has 2 atom stereocenters. The van der Waals surface area contributed by atoms with Crippen LogP contribution >= 0.6 is 0 Å². The Labute approximate surface area is 113 Å². The predicted molar refractivity (Wildman–Crippen MR) is 78.6 cm³/mol. The Morgan fingerprint density at radius 3 is 2.50 bits per heavy atom. The van der Waals surface area contributed by atoms with Crippen molar-refractivity contribution in [2.45, 2.75) is 70.8 Å². The van der Waals surface area contributed by atoms with Crippen molar-refractivity contribution in [2.75, 3.05) is 19.6 Å². The largest absolute Gasteiger partial charge is 0.329 e. The lowest BCUT2D eigenvalue weighted by atomic mass is 9.74. The first-order valence-electron chi connectivity index (χ1n) is 8.15. The maximum atomic E-state index is 6.18. The van der Waals surface area contributed by atoms with Gasteiger partial charge >= 0.3 is 0 Å². The average Bonchev–Trinajstić information content (AvgIpc) is 2.40. The van der Waals surface area contributed by atoms with E-state index in [1.54, 1.807) is 0 Å². The van der Waals surface area contributed by atoms with Crippen molar-refractivity contribution in [1.82, 2.24) is 4.90 Å². The van der Waals surface area contributed by atoms with Gasteiger partial charge in [0.15, 0.2) is 0 Å². The van der Waals surface area contributed by atoms with Gasteiger partial charge < -0.3 is 5.73 Å². The topological polar surface area (TPSA) is 29.3 Å². The molecule has 0 spiro atoms. The number of piperidine rings is 1. The molecule has 1 aliphatic carbocycles. The second-order valence-electron chi connectivity index (χ2n) is 6.85. The van der Waals surface area contributed by atoms with E-state index >= 15 is 0 Å². The molecule has 2 fully saturated rings. The van der Waals surface area contributed by atoms with Gasteiger partial charge in [-0.25, -0.2) is 0 Å². The first-order chi connectivity index (χ1) is 8.70. The lowest BCUT2D eigenvalue weighted by molar-refractivity contribution is 0.0118. The zero-order valence-corrected chi connectivity index (χ0v) is 12.5. The second-order valence-corrected chi connectivity index (χ2v) is 6.85. The highest BCUT2D eigenvalue weighted by Crippen LogP contribution is 2.38. The van der Waals surface area contributed by atoms with Gasteiger partial charge in [-0.3, -0.25) is 4.90 Å². The van der Waals surface area contributed by atoms with Crippen LogP contribution in [0.4, 0.5) is 0 Å². The van der Waals surface area contributed by atoms with Gasteiger partial charge in [-0.15, -0.1) is 0 Å². The smallest absolute Gasteiger partial charge is 0.0334 e. The highest BCUT2D eigenvalue weighted by Gasteiger charge is 2.40. The lowest BCUT2D eigenvalue weighted by Crippen LogP contribution is -2.58. The second kappa shape index (κ2) is 6.38. The van der Waals surface area contributed by atoms with Crippen molar-refractivity contribution in [3.05, 3.63) is 0 Å². The van der Waals surface area contributed by atoms with E-state index in [1.165, 1.54) is 64.5 Å². The van der Waals surface area contributed by atoms with Crippen molar-refractivity contribution in [2.24, 2.45) is 17.6 Å². The molecule has 2 rings (SSSR count). The number of hydrogen-bond acceptors (Lipinski definition) is 2. The maximum Gasteiger partial charge on any atom is 0.0334 e. The number of nitrogens with two attached hydrogens (primary N) is 1. The molecule has 1 heterocycles. The van der Waals surface area contributed by atoms with Gasteiger partial charge in [0.2, 0.25) is 0 Å². The van der Waals surface area contributed by atoms with E-state index < -0.39 is 0 Å². The fourth-order valence-electron chi connectivity index (χ4n) is 4.34. The normalized spacial score (nSPS) is 35.8. The molecule has 0 aromatic rings. The standard InChI is InChI=1S/C16H32N2/c1-3-5-15-7-10-18(11-8-15)16(13-17)9-4-6-14(2)12-16/h14-15H,3-13,17H2,1-2H3. The van der Waals surface area contributed by atoms with Crippen LogP contribution in [0.2, 0.25) is 0 Å². The summed E-state index contributed by atoms with van der Waals surface area (Å²) in [5, 5.41) is 0. The van der Waals surface area contributed by atoms with E-state index in [0.29, 0.717) is 5.54 Å². The van der Waals surface area contributed by atoms with Gasteiger partial charge in [-0.2, -0.15) is 0 Å². The van der Waals surface area contributed by atoms with Gasteiger partial charge in [0, 0.05) is 12.1 Å². The molecule has 2 N–H and O–H groups in total. The fourth-order valence-corrected chi connectivity index (χ4v) is 4.34. The zero-order chi connectivity index (χ0) is 13.0. The molecule has 0 aromatic carbocycles. The van der Waals surface area contributed by atoms with Crippen LogP contribution in [0.3, 0.4) is 0 Å². The molecule has 106 valence electrons. The summed E-state index contributed by atoms with van der Waals surface area (Å²) in [5.74, 6) is 1.86. The summed E-state index contributed by atoms with van der Waals surface area (Å²) in [5.41, 5.74) is 6.54. The van der Waals surface area contributed by atoms with Crippen molar-refractivity contribution >= 4 is 0 Å². The summed E-state index contributed by atoms with van der Waals surface area (Å²) in [6, 6.07) is 0. The van der Waals surface area contributed by atoms with E-state index in [2.05, 4.69) is 18.7 Å². The van der Waals surface area contributed by atoms with Crippen molar-refractivity contribution < 1.29 is 0 Å². The Bertz CT molecular complexity index is 245. The van der Waals surface area contributed by atoms with Gasteiger partial charge in [0.05, 0.1) is 0 Å². The van der Waals surface area contributed by atoms with Crippen LogP contribution in [-0.2, 0) is 0 Å². The van der Waals surface area contributed by atoms with E-state index in [4.69, 9.17) is 5.73 Å². The van der Waals surface area contributed by atoms with Gasteiger partial charge in [-0.1, -0.05) is 39.5 Å². The first-order valence-corrected chi connectivity index (χ1v) is 8.15. The summed E-state index contributed by atoms with van der Waals surface area (Å²) in [4.78, 5) is 2.76. The molecule has 0 aromatic heterocycles. The number of rotatable bonds is 4. The van der Waals surface area contributed by atoms with Crippen LogP contribution in [0.25, 0.3) is 0 Å². The van der Waals surface area contributed by atoms with Crippen molar-refractivity contribution in [3.63, 3.8) is 0 Å². The predicted octanol–water partition coefficient (Wildman–Crippen LogP) is 3.41. The molecule has 1 saturated heterocycles. The molecule has 2 aliphatic rings. The van der Waals surface area contributed by atoms with E-state index in [1.807, 2.05) is 0 Å². The minimum atomic E-state index is 0.356. The number of likely N-dealkylation sites (tertiary alicyclic amines) is 1. The van der Waals surface area contributed by atoms with Crippen molar-refractivity contribution in [1.29, 1.82) is 0 Å². The SMILES string of the molecule is CCCC1CCN(C2(CN)CCCC(C)C2)CC1. The van der Waals surface area contributed by atoms with Crippen LogP contribution in [0.1, 0.15) is 65.2 Å². The van der Waals surface area contributed by atoms with E-state index in [-0.39, 0.29) is 0 Å². The maximum absolute atomic E-state index is 6.18. The summed E-state index contributed by atoms with van der Waals surface area (Å²) < 4.78 is 0. The molecular weight excluding hydrogens is 220 g/mol. The van der Waals surface area contributed by atoms with Gasteiger partial charge in [0.25, 0.3) is 0 Å². The highest BCUT2D eigenvalue weighted by molar-refractivity contribution is 4.97. The molecule has 1 aliphatic heterocycles. The third kappa shape index (κ3) is 3.08. The molecule has 18 heavy (non-hydrogen) atoms. The fraction of sp³-hybridized carbons (Fsp3) is 1.00. The molecule has 0 radical (unpaired) electrons. The molecule has 0 bridgehead atoms. The summed E-state index contributed by atoms with van der Waals surface area (Å²) in [6.07, 6.45) is 11.1. The number of nitrogens with zero attached hydrogens (tertiary/aromatic N) is 1. The quantitative estimate of drug-likeness (QED) is 0.831. The Hall–Kier alpha value is -0.0800. The Morgan fingerprint density at radius 1 is 1.22 bits per heavy atom. The molecule has 2 unspecified atom stereocenters. The Morgan fingerprint density at radius 2 is 1.94 bits per heavy atom. The number of hydrogen-bond donors (Lipinski definition) is 1. The molecule has 2 nitrogen and oxygen atoms in total. The third-order valence-corrected chi connectivity index (χ3v) is 5.43. The monoisotopic (exact) mass is 252 g/mol. The van der Waals surface area contributed by atoms with Crippen LogP contribution in [0, 0.1) is 11.8 Å². The first kappa shape index (κ1) is 14.3. The Kier molecular flexibility index (Phi) is 5.08. The van der Waals surface area contributed by atoms with Crippen molar-refractivity contribution in [3.8, 4) is 0 Å². The molecule has 0 amide bonds. The minimum Gasteiger partial charge on any atom is -0.329 e. The van der Waals surface area contributed by atoms with Crippen LogP contribution < -0.4 is 5.73 Å². The summed E-state index contributed by atoms with van der Waals surface area (Å²) >= 11 is 0. The van der Waals surface area contributed by atoms with Crippen LogP contribution in [0.5, 0.6) is 0 Å². The summed E-state index contributed by atoms with van der Waals surface area (Å²) in [6.45, 7) is 8.20. The minimum absolute atomic E-state index is 0.356. The summed E-state index contributed by atoms with van der Waals surface area (Å²) in [7, 11) is 0. The van der Waals surface area contributed by atoms with E-state index in [9.17, 15) is 0 Å². The molecule has 1 saturated carbocycles. The van der Waals surface area contributed by atoms with E-state index in [0.717, 1.165) is 18.4 Å². The third-order valence-electron chi connectivity index (χ3n) is 5.43. The zero-order valence-electron chi connectivity index (χ0n) is 12.5. The Balaban J connectivity index is 1.93. The van der Waals surface area contributed by atoms with Crippen LogP contribution in [-0.4, -0.2) is 30.1 Å². The molecule has 2 heteroatoms. The molecular formula is C16H32N2.